The second kappa shape index (κ2) is 4.53. The topological polar surface area (TPSA) is 62.5 Å². The van der Waals surface area contributed by atoms with Crippen molar-refractivity contribution in [1.82, 2.24) is 5.32 Å². The molecule has 2 aromatic rings. The Kier molecular flexibility index (Phi) is 2.91. The highest BCUT2D eigenvalue weighted by Gasteiger charge is 2.01. The van der Waals surface area contributed by atoms with Crippen LogP contribution in [0.3, 0.4) is 0 Å². The van der Waals surface area contributed by atoms with Crippen LogP contribution in [0.5, 0.6) is 0 Å². The van der Waals surface area contributed by atoms with Gasteiger partial charge in [-0.05, 0) is 23.3 Å². The van der Waals surface area contributed by atoms with Crippen molar-refractivity contribution in [2.24, 2.45) is 0 Å². The molecule has 1 aromatic carbocycles. The lowest BCUT2D eigenvalue weighted by molar-refractivity contribution is 0.194. The second-order valence-electron chi connectivity index (χ2n) is 3.37. The Morgan fingerprint density at radius 1 is 1.31 bits per heavy atom. The van der Waals surface area contributed by atoms with Crippen LogP contribution >= 0.6 is 0 Å². The Morgan fingerprint density at radius 2 is 2.19 bits per heavy atom. The molecule has 4 nitrogen and oxygen atoms in total. The molecule has 16 heavy (non-hydrogen) atoms. The molecule has 0 unspecified atom stereocenters. The molecule has 82 valence electrons. The molecular weight excluding hydrogens is 206 g/mol. The lowest BCUT2D eigenvalue weighted by Gasteiger charge is -2.03. The monoisotopic (exact) mass is 217 g/mol. The maximum Gasteiger partial charge on any atom is 0.404 e. The van der Waals surface area contributed by atoms with Gasteiger partial charge in [0.2, 0.25) is 0 Å². The lowest BCUT2D eigenvalue weighted by atomic mass is 10.1. The molecule has 0 saturated heterocycles. The molecule has 2 rings (SSSR count). The summed E-state index contributed by atoms with van der Waals surface area (Å²) in [5, 5.41) is 10.8. The van der Waals surface area contributed by atoms with Gasteiger partial charge < -0.3 is 14.8 Å². The van der Waals surface area contributed by atoms with Crippen molar-refractivity contribution in [2.45, 2.75) is 6.54 Å². The van der Waals surface area contributed by atoms with E-state index in [1.165, 1.54) is 0 Å². The molecule has 1 amide bonds. The summed E-state index contributed by atoms with van der Waals surface area (Å²) in [6.07, 6.45) is 2.25. The van der Waals surface area contributed by atoms with E-state index in [4.69, 9.17) is 9.52 Å². The Hall–Kier alpha value is -2.23. The van der Waals surface area contributed by atoms with Crippen LogP contribution < -0.4 is 5.32 Å². The first-order chi connectivity index (χ1) is 7.75. The number of hydrogen-bond acceptors (Lipinski definition) is 2. The number of carboxylic acid groups (broad SMARTS) is 1. The van der Waals surface area contributed by atoms with E-state index < -0.39 is 6.09 Å². The Balaban J connectivity index is 2.17. The molecule has 1 aromatic heterocycles. The summed E-state index contributed by atoms with van der Waals surface area (Å²) in [6, 6.07) is 9.51. The minimum absolute atomic E-state index is 0.307. The quantitative estimate of drug-likeness (QED) is 0.830. The van der Waals surface area contributed by atoms with Crippen LogP contribution in [0, 0.1) is 0 Å². The van der Waals surface area contributed by atoms with Crippen molar-refractivity contribution in [1.29, 1.82) is 0 Å². The fraction of sp³-hybridized carbons (Fsp3) is 0.0833. The summed E-state index contributed by atoms with van der Waals surface area (Å²) in [6.45, 7) is 0.307. The molecule has 0 bridgehead atoms. The van der Waals surface area contributed by atoms with Gasteiger partial charge in [-0.15, -0.1) is 0 Å². The van der Waals surface area contributed by atoms with Gasteiger partial charge in [0.15, 0.2) is 0 Å². The van der Waals surface area contributed by atoms with Gasteiger partial charge in [-0.3, -0.25) is 0 Å². The third kappa shape index (κ3) is 2.42. The van der Waals surface area contributed by atoms with Gasteiger partial charge in [-0.2, -0.15) is 0 Å². The zero-order valence-corrected chi connectivity index (χ0v) is 8.51. The second-order valence-corrected chi connectivity index (χ2v) is 3.37. The molecule has 0 saturated carbocycles. The van der Waals surface area contributed by atoms with Gasteiger partial charge >= 0.3 is 6.09 Å². The van der Waals surface area contributed by atoms with E-state index in [-0.39, 0.29) is 0 Å². The smallest absolute Gasteiger partial charge is 0.404 e. The summed E-state index contributed by atoms with van der Waals surface area (Å²) in [5.41, 5.74) is 2.91. The number of furan rings is 1. The maximum atomic E-state index is 10.4. The molecule has 4 heteroatoms. The predicted molar refractivity (Wildman–Crippen MR) is 59.0 cm³/mol. The normalized spacial score (nSPS) is 10.0. The summed E-state index contributed by atoms with van der Waals surface area (Å²) >= 11 is 0. The van der Waals surface area contributed by atoms with E-state index in [9.17, 15) is 4.79 Å². The highest BCUT2D eigenvalue weighted by atomic mass is 16.4. The summed E-state index contributed by atoms with van der Waals surface area (Å²) in [7, 11) is 0. The molecule has 0 aliphatic carbocycles. The molecule has 2 N–H and O–H groups in total. The first kappa shape index (κ1) is 10.3. The third-order valence-corrected chi connectivity index (χ3v) is 2.23. The number of amides is 1. The van der Waals surface area contributed by atoms with Crippen LogP contribution in [0.4, 0.5) is 4.79 Å². The van der Waals surface area contributed by atoms with E-state index >= 15 is 0 Å². The molecule has 1 heterocycles. The standard InChI is InChI=1S/C12H11NO3/c14-12(15)13-7-9-2-1-3-10(6-9)11-4-5-16-8-11/h1-6,8,13H,7H2,(H,14,15). The molecule has 0 radical (unpaired) electrons. The first-order valence-corrected chi connectivity index (χ1v) is 4.84. The minimum atomic E-state index is -1.02. The summed E-state index contributed by atoms with van der Waals surface area (Å²) < 4.78 is 5.00. The highest BCUT2D eigenvalue weighted by Crippen LogP contribution is 2.20. The van der Waals surface area contributed by atoms with E-state index in [0.29, 0.717) is 6.54 Å². The van der Waals surface area contributed by atoms with Crippen LogP contribution in [0.1, 0.15) is 5.56 Å². The van der Waals surface area contributed by atoms with E-state index in [1.54, 1.807) is 12.5 Å². The average molecular weight is 217 g/mol. The number of carbonyl (C=O) groups is 1. The van der Waals surface area contributed by atoms with Crippen LogP contribution in [-0.2, 0) is 6.54 Å². The molecule has 0 atom stereocenters. The summed E-state index contributed by atoms with van der Waals surface area (Å²) in [5.74, 6) is 0. The lowest BCUT2D eigenvalue weighted by Crippen LogP contribution is -2.19. The van der Waals surface area contributed by atoms with Gasteiger partial charge in [0, 0.05) is 12.1 Å². The van der Waals surface area contributed by atoms with Crippen molar-refractivity contribution in [3.05, 3.63) is 48.4 Å². The summed E-state index contributed by atoms with van der Waals surface area (Å²) in [4.78, 5) is 10.4. The van der Waals surface area contributed by atoms with Crippen LogP contribution in [0.2, 0.25) is 0 Å². The third-order valence-electron chi connectivity index (χ3n) is 2.23. The van der Waals surface area contributed by atoms with Crippen molar-refractivity contribution in [2.75, 3.05) is 0 Å². The van der Waals surface area contributed by atoms with Crippen LogP contribution in [-0.4, -0.2) is 11.2 Å². The minimum Gasteiger partial charge on any atom is -0.472 e. The molecule has 0 aliphatic heterocycles. The zero-order chi connectivity index (χ0) is 11.4. The molecule has 0 spiro atoms. The molecule has 0 aliphatic rings. The van der Waals surface area contributed by atoms with Gasteiger partial charge in [0.1, 0.15) is 0 Å². The van der Waals surface area contributed by atoms with Crippen molar-refractivity contribution in [3.8, 4) is 11.1 Å². The molecular formula is C12H11NO3. The van der Waals surface area contributed by atoms with E-state index in [0.717, 1.165) is 16.7 Å². The number of nitrogens with one attached hydrogen (secondary N) is 1. The Bertz CT molecular complexity index is 477. The number of benzene rings is 1. The largest absolute Gasteiger partial charge is 0.472 e. The van der Waals surface area contributed by atoms with Crippen LogP contribution in [0.25, 0.3) is 11.1 Å². The van der Waals surface area contributed by atoms with E-state index in [2.05, 4.69) is 5.32 Å². The number of rotatable bonds is 3. The first-order valence-electron chi connectivity index (χ1n) is 4.84. The van der Waals surface area contributed by atoms with Crippen molar-refractivity contribution >= 4 is 6.09 Å². The fourth-order valence-corrected chi connectivity index (χ4v) is 1.47. The SMILES string of the molecule is O=C(O)NCc1cccc(-c2ccoc2)c1. The van der Waals surface area contributed by atoms with Gasteiger partial charge in [0.25, 0.3) is 0 Å². The Labute approximate surface area is 92.5 Å². The van der Waals surface area contributed by atoms with Gasteiger partial charge in [0.05, 0.1) is 12.5 Å². The Morgan fingerprint density at radius 3 is 2.88 bits per heavy atom. The van der Waals surface area contributed by atoms with Crippen molar-refractivity contribution < 1.29 is 14.3 Å². The van der Waals surface area contributed by atoms with E-state index in [1.807, 2.05) is 30.3 Å². The zero-order valence-electron chi connectivity index (χ0n) is 8.51. The fourth-order valence-electron chi connectivity index (χ4n) is 1.47. The maximum absolute atomic E-state index is 10.4. The molecule has 0 fully saturated rings. The highest BCUT2D eigenvalue weighted by molar-refractivity contribution is 5.65. The predicted octanol–water partition coefficient (Wildman–Crippen LogP) is 2.71. The van der Waals surface area contributed by atoms with Gasteiger partial charge in [-0.1, -0.05) is 18.2 Å². The van der Waals surface area contributed by atoms with Gasteiger partial charge in [-0.25, -0.2) is 4.79 Å². The van der Waals surface area contributed by atoms with Crippen LogP contribution in [0.15, 0.2) is 47.3 Å². The average Bonchev–Trinajstić information content (AvgIpc) is 2.80. The van der Waals surface area contributed by atoms with Crippen molar-refractivity contribution in [3.63, 3.8) is 0 Å². The number of hydrogen-bond donors (Lipinski definition) is 2.